The summed E-state index contributed by atoms with van der Waals surface area (Å²) in [6.07, 6.45) is 3.90. The van der Waals surface area contributed by atoms with Gasteiger partial charge in [-0.25, -0.2) is 0 Å². The fraction of sp³-hybridized carbons (Fsp3) is 0.611. The van der Waals surface area contributed by atoms with Crippen LogP contribution in [0.4, 0.5) is 0 Å². The van der Waals surface area contributed by atoms with E-state index >= 15 is 0 Å². The summed E-state index contributed by atoms with van der Waals surface area (Å²) in [6, 6.07) is 6.01. The number of hydrogen-bond donors (Lipinski definition) is 1. The van der Waals surface area contributed by atoms with E-state index in [9.17, 15) is 4.79 Å². The van der Waals surface area contributed by atoms with E-state index in [0.29, 0.717) is 6.42 Å². The van der Waals surface area contributed by atoms with Gasteiger partial charge in [0.25, 0.3) is 0 Å². The number of nitrogens with zero attached hydrogens (tertiary/aromatic N) is 1. The summed E-state index contributed by atoms with van der Waals surface area (Å²) in [5, 5.41) is 3.21. The van der Waals surface area contributed by atoms with E-state index in [4.69, 9.17) is 4.74 Å². The Hall–Kier alpha value is -1.55. The van der Waals surface area contributed by atoms with Crippen molar-refractivity contribution in [3.63, 3.8) is 0 Å². The lowest BCUT2D eigenvalue weighted by Crippen LogP contribution is -2.39. The van der Waals surface area contributed by atoms with Crippen LogP contribution in [0.5, 0.6) is 5.75 Å². The molecule has 4 heteroatoms. The van der Waals surface area contributed by atoms with Crippen molar-refractivity contribution in [1.29, 1.82) is 0 Å². The molecule has 4 nitrogen and oxygen atoms in total. The Bertz CT molecular complexity index is 494. The first-order valence-electron chi connectivity index (χ1n) is 8.20. The number of hydrogen-bond acceptors (Lipinski definition) is 3. The van der Waals surface area contributed by atoms with Gasteiger partial charge in [-0.05, 0) is 51.8 Å². The number of benzene rings is 1. The molecule has 1 aromatic carbocycles. The quantitative estimate of drug-likeness (QED) is 0.877. The molecule has 1 fully saturated rings. The van der Waals surface area contributed by atoms with Crippen LogP contribution < -0.4 is 10.1 Å². The van der Waals surface area contributed by atoms with Gasteiger partial charge < -0.3 is 15.0 Å². The van der Waals surface area contributed by atoms with Crippen molar-refractivity contribution in [2.24, 2.45) is 5.92 Å². The molecule has 22 heavy (non-hydrogen) atoms. The Morgan fingerprint density at radius 3 is 2.73 bits per heavy atom. The fourth-order valence-electron chi connectivity index (χ4n) is 3.14. The number of methoxy groups -OCH3 is 1. The van der Waals surface area contributed by atoms with Gasteiger partial charge in [-0.3, -0.25) is 4.79 Å². The Morgan fingerprint density at radius 1 is 1.36 bits per heavy atom. The molecule has 122 valence electrons. The maximum atomic E-state index is 12.5. The highest BCUT2D eigenvalue weighted by molar-refractivity contribution is 5.79. The van der Waals surface area contributed by atoms with Gasteiger partial charge in [0.05, 0.1) is 13.5 Å². The van der Waals surface area contributed by atoms with E-state index in [2.05, 4.69) is 11.4 Å². The van der Waals surface area contributed by atoms with Crippen molar-refractivity contribution in [2.45, 2.75) is 32.6 Å². The largest absolute Gasteiger partial charge is 0.496 e. The lowest BCUT2D eigenvalue weighted by atomic mass is 9.93. The third kappa shape index (κ3) is 4.47. The highest BCUT2D eigenvalue weighted by Gasteiger charge is 2.23. The van der Waals surface area contributed by atoms with Crippen LogP contribution in [0, 0.1) is 12.8 Å². The van der Waals surface area contributed by atoms with Crippen LogP contribution in [-0.4, -0.2) is 44.6 Å². The lowest BCUT2D eigenvalue weighted by Gasteiger charge is -2.32. The maximum absolute atomic E-state index is 12.5. The zero-order chi connectivity index (χ0) is 15.9. The van der Waals surface area contributed by atoms with E-state index < -0.39 is 0 Å². The van der Waals surface area contributed by atoms with Crippen molar-refractivity contribution in [2.75, 3.05) is 33.8 Å². The Morgan fingerprint density at radius 2 is 2.09 bits per heavy atom. The number of piperidine rings is 1. The SMILES string of the molecule is CNCCC1CCN(C(=O)Cc2cc(C)ccc2OC)CC1. The van der Waals surface area contributed by atoms with Crippen LogP contribution in [0.3, 0.4) is 0 Å². The molecule has 0 unspecified atom stereocenters. The van der Waals surface area contributed by atoms with Gasteiger partial charge in [0, 0.05) is 18.7 Å². The Labute approximate surface area is 133 Å². The standard InChI is InChI=1S/C18H28N2O2/c1-14-4-5-17(22-3)16(12-14)13-18(21)20-10-7-15(8-11-20)6-9-19-2/h4-5,12,15,19H,6-11,13H2,1-3H3. The molecular weight excluding hydrogens is 276 g/mol. The summed E-state index contributed by atoms with van der Waals surface area (Å²) in [5.41, 5.74) is 2.15. The molecule has 1 N–H and O–H groups in total. The van der Waals surface area contributed by atoms with Crippen LogP contribution in [0.25, 0.3) is 0 Å². The van der Waals surface area contributed by atoms with E-state index in [-0.39, 0.29) is 5.91 Å². The van der Waals surface area contributed by atoms with Crippen molar-refractivity contribution in [3.8, 4) is 5.75 Å². The second-order valence-corrected chi connectivity index (χ2v) is 6.21. The van der Waals surface area contributed by atoms with Crippen LogP contribution in [0.15, 0.2) is 18.2 Å². The van der Waals surface area contributed by atoms with Gasteiger partial charge in [-0.15, -0.1) is 0 Å². The molecule has 0 aliphatic carbocycles. The molecule has 1 aliphatic rings. The number of likely N-dealkylation sites (tertiary alicyclic amines) is 1. The molecule has 1 aromatic rings. The Kier molecular flexibility index (Phi) is 6.25. The topological polar surface area (TPSA) is 41.6 Å². The number of ether oxygens (including phenoxy) is 1. The molecule has 1 saturated heterocycles. The van der Waals surface area contributed by atoms with Crippen LogP contribution in [0.1, 0.15) is 30.4 Å². The van der Waals surface area contributed by atoms with Gasteiger partial charge in [0.2, 0.25) is 5.91 Å². The first kappa shape index (κ1) is 16.8. The first-order chi connectivity index (χ1) is 10.6. The minimum Gasteiger partial charge on any atom is -0.496 e. The summed E-state index contributed by atoms with van der Waals surface area (Å²) >= 11 is 0. The van der Waals surface area contributed by atoms with Gasteiger partial charge in [0.1, 0.15) is 5.75 Å². The summed E-state index contributed by atoms with van der Waals surface area (Å²) in [4.78, 5) is 14.5. The number of carbonyl (C=O) groups is 1. The predicted octanol–water partition coefficient (Wildman–Crippen LogP) is 2.39. The highest BCUT2D eigenvalue weighted by atomic mass is 16.5. The molecule has 0 bridgehead atoms. The number of carbonyl (C=O) groups excluding carboxylic acids is 1. The van der Waals surface area contributed by atoms with Gasteiger partial charge in [-0.1, -0.05) is 17.7 Å². The lowest BCUT2D eigenvalue weighted by molar-refractivity contribution is -0.131. The second kappa shape index (κ2) is 8.18. The molecule has 0 atom stereocenters. The molecule has 1 heterocycles. The van der Waals surface area contributed by atoms with Crippen molar-refractivity contribution in [1.82, 2.24) is 10.2 Å². The van der Waals surface area contributed by atoms with Crippen LogP contribution in [0.2, 0.25) is 0 Å². The normalized spacial score (nSPS) is 15.9. The molecule has 1 amide bonds. The summed E-state index contributed by atoms with van der Waals surface area (Å²) < 4.78 is 5.37. The molecule has 0 aromatic heterocycles. The third-order valence-electron chi connectivity index (χ3n) is 4.55. The maximum Gasteiger partial charge on any atom is 0.227 e. The predicted molar refractivity (Wildman–Crippen MR) is 89.3 cm³/mol. The van der Waals surface area contributed by atoms with Gasteiger partial charge >= 0.3 is 0 Å². The number of amides is 1. The van der Waals surface area contributed by atoms with Gasteiger partial charge in [0.15, 0.2) is 0 Å². The monoisotopic (exact) mass is 304 g/mol. The molecule has 0 spiro atoms. The number of rotatable bonds is 6. The van der Waals surface area contributed by atoms with E-state index in [1.807, 2.05) is 31.0 Å². The summed E-state index contributed by atoms with van der Waals surface area (Å²) in [7, 11) is 3.65. The van der Waals surface area contributed by atoms with Gasteiger partial charge in [-0.2, -0.15) is 0 Å². The molecule has 0 saturated carbocycles. The van der Waals surface area contributed by atoms with E-state index in [1.54, 1.807) is 7.11 Å². The van der Waals surface area contributed by atoms with Crippen molar-refractivity contribution < 1.29 is 9.53 Å². The first-order valence-corrected chi connectivity index (χ1v) is 8.20. The van der Waals surface area contributed by atoms with Crippen LogP contribution >= 0.6 is 0 Å². The fourth-order valence-corrected chi connectivity index (χ4v) is 3.14. The van der Waals surface area contributed by atoms with E-state index in [1.165, 1.54) is 6.42 Å². The average molecular weight is 304 g/mol. The number of aryl methyl sites for hydroxylation is 1. The summed E-state index contributed by atoms with van der Waals surface area (Å²) in [6.45, 7) is 4.89. The second-order valence-electron chi connectivity index (χ2n) is 6.21. The molecule has 1 aliphatic heterocycles. The third-order valence-corrected chi connectivity index (χ3v) is 4.55. The minimum absolute atomic E-state index is 0.218. The van der Waals surface area contributed by atoms with Crippen molar-refractivity contribution in [3.05, 3.63) is 29.3 Å². The molecular formula is C18H28N2O2. The highest BCUT2D eigenvalue weighted by Crippen LogP contribution is 2.23. The van der Waals surface area contributed by atoms with Crippen molar-refractivity contribution >= 4 is 5.91 Å². The zero-order valence-electron chi connectivity index (χ0n) is 14.0. The average Bonchev–Trinajstić information content (AvgIpc) is 2.53. The minimum atomic E-state index is 0.218. The summed E-state index contributed by atoms with van der Waals surface area (Å²) in [5.74, 6) is 1.78. The Balaban J connectivity index is 1.90. The van der Waals surface area contributed by atoms with Crippen LogP contribution in [-0.2, 0) is 11.2 Å². The van der Waals surface area contributed by atoms with E-state index in [0.717, 1.165) is 55.3 Å². The number of nitrogens with one attached hydrogen (secondary N) is 1. The zero-order valence-corrected chi connectivity index (χ0v) is 14.0. The molecule has 2 rings (SSSR count). The smallest absolute Gasteiger partial charge is 0.227 e. The molecule has 0 radical (unpaired) electrons.